The van der Waals surface area contributed by atoms with Gasteiger partial charge in [-0.3, -0.25) is 0 Å². The number of rotatable bonds is 6. The van der Waals surface area contributed by atoms with Gasteiger partial charge in [-0.25, -0.2) is 0 Å². The summed E-state index contributed by atoms with van der Waals surface area (Å²) in [6, 6.07) is 7.29. The van der Waals surface area contributed by atoms with Crippen molar-refractivity contribution in [2.45, 2.75) is 25.9 Å². The third-order valence-corrected chi connectivity index (χ3v) is 3.05. The van der Waals surface area contributed by atoms with Crippen molar-refractivity contribution in [2.24, 2.45) is 5.73 Å². The summed E-state index contributed by atoms with van der Waals surface area (Å²) >= 11 is 0. The van der Waals surface area contributed by atoms with Crippen LogP contribution in [0, 0.1) is 10.1 Å². The van der Waals surface area contributed by atoms with Crippen LogP contribution in [0.2, 0.25) is 0 Å². The second kappa shape index (κ2) is 6.36. The summed E-state index contributed by atoms with van der Waals surface area (Å²) in [6.45, 7) is 2.35. The number of ether oxygens (including phenoxy) is 1. The zero-order valence-electron chi connectivity index (χ0n) is 12.0. The van der Waals surface area contributed by atoms with Gasteiger partial charge in [-0.05, 0) is 29.9 Å². The topological polar surface area (TPSA) is 96.2 Å². The minimum atomic E-state index is -0.514. The maximum atomic E-state index is 10.7. The van der Waals surface area contributed by atoms with Crippen molar-refractivity contribution in [1.29, 1.82) is 0 Å². The average molecular weight is 290 g/mol. The highest BCUT2D eigenvalue weighted by Crippen LogP contribution is 2.22. The van der Waals surface area contributed by atoms with E-state index < -0.39 is 4.92 Å². The van der Waals surface area contributed by atoms with E-state index in [9.17, 15) is 10.1 Å². The van der Waals surface area contributed by atoms with E-state index in [0.717, 1.165) is 23.3 Å². The van der Waals surface area contributed by atoms with E-state index in [1.165, 1.54) is 10.7 Å². The summed E-state index contributed by atoms with van der Waals surface area (Å²) in [5.41, 5.74) is 7.82. The predicted molar refractivity (Wildman–Crippen MR) is 78.3 cm³/mol. The summed E-state index contributed by atoms with van der Waals surface area (Å²) in [7, 11) is 1.59. The van der Waals surface area contributed by atoms with Gasteiger partial charge in [-0.1, -0.05) is 12.1 Å². The lowest BCUT2D eigenvalue weighted by atomic mass is 10.0. The number of aromatic nitrogens is 2. The van der Waals surface area contributed by atoms with Gasteiger partial charge < -0.3 is 20.6 Å². The SMILES string of the molecule is COc1ccc(CC(C)N)cc1Cn1ccc([N+](=O)[O-])n1. The normalized spacial score (nSPS) is 12.1. The second-order valence-electron chi connectivity index (χ2n) is 4.96. The van der Waals surface area contributed by atoms with Crippen LogP contribution < -0.4 is 10.5 Å². The first kappa shape index (κ1) is 15.0. The molecule has 0 bridgehead atoms. The lowest BCUT2D eigenvalue weighted by Crippen LogP contribution is -2.18. The highest BCUT2D eigenvalue weighted by Gasteiger charge is 2.13. The van der Waals surface area contributed by atoms with Crippen molar-refractivity contribution in [3.05, 3.63) is 51.7 Å². The summed E-state index contributed by atoms with van der Waals surface area (Å²) in [5.74, 6) is 0.558. The van der Waals surface area contributed by atoms with Crippen molar-refractivity contribution in [2.75, 3.05) is 7.11 Å². The van der Waals surface area contributed by atoms with E-state index in [1.54, 1.807) is 13.3 Å². The van der Waals surface area contributed by atoms with Gasteiger partial charge in [0.2, 0.25) is 0 Å². The van der Waals surface area contributed by atoms with Crippen molar-refractivity contribution < 1.29 is 9.66 Å². The third-order valence-electron chi connectivity index (χ3n) is 3.05. The van der Waals surface area contributed by atoms with Gasteiger partial charge in [0.1, 0.15) is 5.75 Å². The minimum Gasteiger partial charge on any atom is -0.496 e. The van der Waals surface area contributed by atoms with Gasteiger partial charge in [0.25, 0.3) is 0 Å². The number of nitrogens with two attached hydrogens (primary N) is 1. The Hall–Kier alpha value is -2.41. The first-order valence-corrected chi connectivity index (χ1v) is 6.59. The largest absolute Gasteiger partial charge is 0.496 e. The highest BCUT2D eigenvalue weighted by molar-refractivity contribution is 5.38. The fraction of sp³-hybridized carbons (Fsp3) is 0.357. The molecule has 0 aliphatic carbocycles. The molecule has 0 aliphatic heterocycles. The lowest BCUT2D eigenvalue weighted by Gasteiger charge is -2.11. The first-order chi connectivity index (χ1) is 9.99. The van der Waals surface area contributed by atoms with E-state index >= 15 is 0 Å². The number of methoxy groups -OCH3 is 1. The number of nitro groups is 1. The molecule has 1 unspecified atom stereocenters. The van der Waals surface area contributed by atoms with Gasteiger partial charge in [0.15, 0.2) is 0 Å². The lowest BCUT2D eigenvalue weighted by molar-refractivity contribution is -0.389. The number of hydrogen-bond donors (Lipinski definition) is 1. The molecule has 7 nitrogen and oxygen atoms in total. The van der Waals surface area contributed by atoms with Crippen LogP contribution in [-0.2, 0) is 13.0 Å². The Morgan fingerprint density at radius 2 is 2.24 bits per heavy atom. The molecule has 0 saturated heterocycles. The zero-order chi connectivity index (χ0) is 15.4. The van der Waals surface area contributed by atoms with Crippen LogP contribution in [0.5, 0.6) is 5.75 Å². The average Bonchev–Trinajstić information content (AvgIpc) is 2.87. The van der Waals surface area contributed by atoms with E-state index in [2.05, 4.69) is 5.10 Å². The molecule has 1 aromatic carbocycles. The molecule has 2 rings (SSSR count). The molecule has 1 heterocycles. The molecule has 112 valence electrons. The van der Waals surface area contributed by atoms with Crippen LogP contribution in [0.25, 0.3) is 0 Å². The molecule has 0 radical (unpaired) electrons. The Labute approximate surface area is 122 Å². The molecule has 2 aromatic rings. The van der Waals surface area contributed by atoms with Gasteiger partial charge in [-0.2, -0.15) is 4.68 Å². The molecular formula is C14H18N4O3. The second-order valence-corrected chi connectivity index (χ2v) is 4.96. The van der Waals surface area contributed by atoms with Crippen LogP contribution in [-0.4, -0.2) is 27.9 Å². The molecule has 2 N–H and O–H groups in total. The third kappa shape index (κ3) is 3.79. The Bertz CT molecular complexity index is 637. The van der Waals surface area contributed by atoms with Crippen molar-refractivity contribution in [3.8, 4) is 5.75 Å². The van der Waals surface area contributed by atoms with Crippen LogP contribution in [0.4, 0.5) is 5.82 Å². The van der Waals surface area contributed by atoms with Gasteiger partial charge in [-0.15, -0.1) is 0 Å². The Kier molecular flexibility index (Phi) is 4.54. The smallest absolute Gasteiger partial charge is 0.389 e. The predicted octanol–water partition coefficient (Wildman–Crippen LogP) is 1.74. The van der Waals surface area contributed by atoms with Crippen LogP contribution in [0.3, 0.4) is 0 Å². The quantitative estimate of drug-likeness (QED) is 0.645. The first-order valence-electron chi connectivity index (χ1n) is 6.59. The Balaban J connectivity index is 2.25. The maximum absolute atomic E-state index is 10.7. The molecule has 0 saturated carbocycles. The molecule has 7 heteroatoms. The van der Waals surface area contributed by atoms with E-state index in [0.29, 0.717) is 6.54 Å². The minimum absolute atomic E-state index is 0.0667. The summed E-state index contributed by atoms with van der Waals surface area (Å²) < 4.78 is 6.85. The fourth-order valence-corrected chi connectivity index (χ4v) is 2.17. The number of nitrogens with zero attached hydrogens (tertiary/aromatic N) is 3. The van der Waals surface area contributed by atoms with Gasteiger partial charge >= 0.3 is 5.82 Å². The molecular weight excluding hydrogens is 272 g/mol. The molecule has 0 aliphatic rings. The Morgan fingerprint density at radius 1 is 1.48 bits per heavy atom. The van der Waals surface area contributed by atoms with E-state index in [1.807, 2.05) is 25.1 Å². The van der Waals surface area contributed by atoms with Crippen LogP contribution in [0.15, 0.2) is 30.5 Å². The van der Waals surface area contributed by atoms with Crippen molar-refractivity contribution >= 4 is 5.82 Å². The molecule has 21 heavy (non-hydrogen) atoms. The number of hydrogen-bond acceptors (Lipinski definition) is 5. The summed E-state index contributed by atoms with van der Waals surface area (Å²) in [5, 5.41) is 14.6. The molecule has 0 amide bonds. The van der Waals surface area contributed by atoms with Crippen LogP contribution >= 0.6 is 0 Å². The Morgan fingerprint density at radius 3 is 2.81 bits per heavy atom. The van der Waals surface area contributed by atoms with E-state index in [-0.39, 0.29) is 11.9 Å². The van der Waals surface area contributed by atoms with Crippen molar-refractivity contribution in [3.63, 3.8) is 0 Å². The standard InChI is InChI=1S/C14H18N4O3/c1-10(15)7-11-3-4-13(21-2)12(8-11)9-17-6-5-14(16-17)18(19)20/h3-6,8,10H,7,9,15H2,1-2H3. The van der Waals surface area contributed by atoms with Gasteiger partial charge in [0.05, 0.1) is 31.0 Å². The highest BCUT2D eigenvalue weighted by atomic mass is 16.6. The van der Waals surface area contributed by atoms with Crippen LogP contribution in [0.1, 0.15) is 18.1 Å². The summed E-state index contributed by atoms with van der Waals surface area (Å²) in [6.07, 6.45) is 2.34. The van der Waals surface area contributed by atoms with Crippen molar-refractivity contribution in [1.82, 2.24) is 9.78 Å². The van der Waals surface area contributed by atoms with Gasteiger partial charge in [0, 0.05) is 11.6 Å². The molecule has 0 fully saturated rings. The molecule has 0 spiro atoms. The summed E-state index contributed by atoms with van der Waals surface area (Å²) in [4.78, 5) is 10.1. The van der Waals surface area contributed by atoms with E-state index in [4.69, 9.17) is 10.5 Å². The number of benzene rings is 1. The maximum Gasteiger partial charge on any atom is 0.389 e. The molecule has 1 aromatic heterocycles. The monoisotopic (exact) mass is 290 g/mol. The fourth-order valence-electron chi connectivity index (χ4n) is 2.17. The molecule has 1 atom stereocenters. The zero-order valence-corrected chi connectivity index (χ0v) is 12.0.